The number of fused-ring (bicyclic) bond motifs is 3. The number of rotatable bonds is 7. The Labute approximate surface area is 298 Å². The first kappa shape index (κ1) is 34.5. The van der Waals surface area contributed by atoms with Gasteiger partial charge in [0.1, 0.15) is 34.5 Å². The molecule has 1 aromatic carbocycles. The van der Waals surface area contributed by atoms with Gasteiger partial charge in [-0.05, 0) is 39.0 Å². The number of para-hydroxylation sites is 1. The molecule has 5 atom stereocenters. The van der Waals surface area contributed by atoms with Gasteiger partial charge in [0, 0.05) is 43.2 Å². The van der Waals surface area contributed by atoms with Gasteiger partial charge in [-0.25, -0.2) is 28.5 Å². The number of halogens is 2. The van der Waals surface area contributed by atoms with E-state index < -0.39 is 36.0 Å². The second-order valence-corrected chi connectivity index (χ2v) is 14.0. The summed E-state index contributed by atoms with van der Waals surface area (Å²) in [6.45, 7) is 10.4. The average molecular weight is 719 g/mol. The van der Waals surface area contributed by atoms with Crippen LogP contribution in [0.3, 0.4) is 0 Å². The van der Waals surface area contributed by atoms with E-state index in [0.717, 1.165) is 13.1 Å². The number of carbonyl (C=O) groups is 1. The number of anilines is 2. The molecule has 3 aromatic heterocycles. The zero-order valence-electron chi connectivity index (χ0n) is 29.1. The maximum atomic E-state index is 14.1. The van der Waals surface area contributed by atoms with Gasteiger partial charge in [0.15, 0.2) is 17.2 Å². The standard InChI is InChI=1S/C37H40F2N6O7/c1-21-16-43(17-22(2)50-21)10-6-7-24-13-27(44-11-12-49-37(23(44)3)19-48-20-37)35(40-15-24)51-25-14-28(36(46)47)45(18-25)34-31-30(41-33(42-34)32(38)39)26-8-4-5-9-29(26)52-31/h4-5,8-9,13,15,21-23,25,28,32H,10-12,14,16-20H2,1-3H3,(H,46,47)/t21?,22?,23-,25-,28-/m0/s1. The molecule has 4 saturated heterocycles. The van der Waals surface area contributed by atoms with E-state index in [0.29, 0.717) is 61.0 Å². The number of hydrogen-bond donors (Lipinski definition) is 1. The van der Waals surface area contributed by atoms with Crippen molar-refractivity contribution in [3.8, 4) is 17.7 Å². The molecule has 274 valence electrons. The molecule has 13 nitrogen and oxygen atoms in total. The number of carboxylic acid groups (broad SMARTS) is 1. The lowest BCUT2D eigenvalue weighted by atomic mass is 9.90. The number of benzene rings is 1. The third-order valence-corrected chi connectivity index (χ3v) is 10.3. The highest BCUT2D eigenvalue weighted by Crippen LogP contribution is 2.41. The van der Waals surface area contributed by atoms with E-state index in [1.54, 1.807) is 30.5 Å². The molecule has 15 heteroatoms. The van der Waals surface area contributed by atoms with E-state index in [1.165, 1.54) is 4.90 Å². The number of ether oxygens (including phenoxy) is 4. The smallest absolute Gasteiger partial charge is 0.326 e. The van der Waals surface area contributed by atoms with Crippen LogP contribution in [0.1, 0.15) is 45.0 Å². The summed E-state index contributed by atoms with van der Waals surface area (Å²) in [5.74, 6) is 5.00. The summed E-state index contributed by atoms with van der Waals surface area (Å²) < 4.78 is 58.4. The molecule has 1 spiro atoms. The summed E-state index contributed by atoms with van der Waals surface area (Å²) in [6, 6.07) is 7.66. The fourth-order valence-electron chi connectivity index (χ4n) is 7.77. The summed E-state index contributed by atoms with van der Waals surface area (Å²) in [5.41, 5.74) is 1.70. The maximum absolute atomic E-state index is 14.1. The van der Waals surface area contributed by atoms with Crippen LogP contribution in [0, 0.1) is 11.8 Å². The molecule has 4 aromatic rings. The van der Waals surface area contributed by atoms with Gasteiger partial charge >= 0.3 is 5.97 Å². The van der Waals surface area contributed by atoms with Gasteiger partial charge in [0.2, 0.25) is 5.88 Å². The van der Waals surface area contributed by atoms with E-state index in [1.807, 2.05) is 6.07 Å². The predicted octanol–water partition coefficient (Wildman–Crippen LogP) is 4.27. The first-order chi connectivity index (χ1) is 25.1. The quantitative estimate of drug-likeness (QED) is 0.273. The lowest BCUT2D eigenvalue weighted by Crippen LogP contribution is -2.68. The van der Waals surface area contributed by atoms with Crippen LogP contribution in [0.4, 0.5) is 20.3 Å². The molecule has 4 aliphatic rings. The maximum Gasteiger partial charge on any atom is 0.326 e. The van der Waals surface area contributed by atoms with E-state index in [9.17, 15) is 18.7 Å². The first-order valence-electron chi connectivity index (χ1n) is 17.6. The Bertz CT molecular complexity index is 2040. The summed E-state index contributed by atoms with van der Waals surface area (Å²) in [6.07, 6.45) is -1.69. The van der Waals surface area contributed by atoms with E-state index >= 15 is 0 Å². The van der Waals surface area contributed by atoms with Gasteiger partial charge in [0.25, 0.3) is 6.43 Å². The van der Waals surface area contributed by atoms with Crippen molar-refractivity contribution in [1.29, 1.82) is 0 Å². The van der Waals surface area contributed by atoms with Crippen molar-refractivity contribution in [1.82, 2.24) is 19.9 Å². The molecule has 0 bridgehead atoms. The van der Waals surface area contributed by atoms with Crippen molar-refractivity contribution in [2.45, 2.75) is 69.6 Å². The Hall–Kier alpha value is -4.62. The summed E-state index contributed by atoms with van der Waals surface area (Å²) in [7, 11) is 0. The van der Waals surface area contributed by atoms with Gasteiger partial charge in [-0.1, -0.05) is 24.0 Å². The number of morpholine rings is 2. The largest absolute Gasteiger partial charge is 0.480 e. The van der Waals surface area contributed by atoms with Crippen LogP contribution in [0.25, 0.3) is 22.1 Å². The highest BCUT2D eigenvalue weighted by Gasteiger charge is 2.50. The number of carboxylic acids is 1. The van der Waals surface area contributed by atoms with Crippen LogP contribution in [0.15, 0.2) is 40.9 Å². The van der Waals surface area contributed by atoms with Crippen molar-refractivity contribution in [3.63, 3.8) is 0 Å². The van der Waals surface area contributed by atoms with Crippen LogP contribution in [0.2, 0.25) is 0 Å². The molecule has 7 heterocycles. The van der Waals surface area contributed by atoms with Crippen molar-refractivity contribution >= 4 is 39.5 Å². The number of pyridine rings is 1. The summed E-state index contributed by atoms with van der Waals surface area (Å²) in [4.78, 5) is 31.6. The Morgan fingerprint density at radius 3 is 2.63 bits per heavy atom. The Morgan fingerprint density at radius 1 is 1.12 bits per heavy atom. The van der Waals surface area contributed by atoms with Gasteiger partial charge in [-0.15, -0.1) is 0 Å². The van der Waals surface area contributed by atoms with Crippen LogP contribution in [0.5, 0.6) is 5.88 Å². The molecule has 4 fully saturated rings. The van der Waals surface area contributed by atoms with Gasteiger partial charge in [0.05, 0.1) is 51.2 Å². The van der Waals surface area contributed by atoms with E-state index in [-0.39, 0.29) is 48.1 Å². The molecule has 0 amide bonds. The van der Waals surface area contributed by atoms with E-state index in [4.69, 9.17) is 28.3 Å². The lowest BCUT2D eigenvalue weighted by molar-refractivity contribution is -0.228. The third-order valence-electron chi connectivity index (χ3n) is 10.3. The molecule has 1 N–H and O–H groups in total. The number of aliphatic carboxylic acids is 1. The molecule has 8 rings (SSSR count). The molecule has 0 saturated carbocycles. The van der Waals surface area contributed by atoms with Crippen LogP contribution in [-0.4, -0.2) is 119 Å². The molecule has 4 aliphatic heterocycles. The number of aromatic nitrogens is 3. The third kappa shape index (κ3) is 6.38. The van der Waals surface area contributed by atoms with Crippen molar-refractivity contribution in [3.05, 3.63) is 47.9 Å². The van der Waals surface area contributed by atoms with Crippen molar-refractivity contribution < 1.29 is 42.0 Å². The Kier molecular flexibility index (Phi) is 9.11. The molecular formula is C37H40F2N6O7. The van der Waals surface area contributed by atoms with Crippen LogP contribution >= 0.6 is 0 Å². The molecule has 0 aliphatic carbocycles. The topological polar surface area (TPSA) is 136 Å². The Balaban J connectivity index is 1.11. The van der Waals surface area contributed by atoms with Crippen LogP contribution < -0.4 is 14.5 Å². The lowest BCUT2D eigenvalue weighted by Gasteiger charge is -2.53. The summed E-state index contributed by atoms with van der Waals surface area (Å²) >= 11 is 0. The number of hydrogen-bond acceptors (Lipinski definition) is 12. The van der Waals surface area contributed by atoms with Crippen molar-refractivity contribution in [2.75, 3.05) is 62.3 Å². The predicted molar refractivity (Wildman–Crippen MR) is 186 cm³/mol. The normalized spacial score (nSPS) is 26.2. The van der Waals surface area contributed by atoms with Gasteiger partial charge < -0.3 is 38.3 Å². The Morgan fingerprint density at radius 2 is 1.90 bits per heavy atom. The zero-order chi connectivity index (χ0) is 36.1. The fourth-order valence-corrected chi connectivity index (χ4v) is 7.77. The molecule has 2 unspecified atom stereocenters. The van der Waals surface area contributed by atoms with Gasteiger partial charge in [-0.2, -0.15) is 0 Å². The monoisotopic (exact) mass is 718 g/mol. The fraction of sp³-hybridized carbons (Fsp3) is 0.514. The molecule has 0 radical (unpaired) electrons. The van der Waals surface area contributed by atoms with Crippen molar-refractivity contribution in [2.24, 2.45) is 0 Å². The molecular weight excluding hydrogens is 678 g/mol. The number of alkyl halides is 2. The highest BCUT2D eigenvalue weighted by atomic mass is 19.3. The average Bonchev–Trinajstić information content (AvgIpc) is 3.69. The zero-order valence-corrected chi connectivity index (χ0v) is 29.1. The number of furan rings is 1. The summed E-state index contributed by atoms with van der Waals surface area (Å²) in [5, 5.41) is 10.9. The second-order valence-electron chi connectivity index (χ2n) is 14.0. The van der Waals surface area contributed by atoms with E-state index in [2.05, 4.69) is 52.4 Å². The van der Waals surface area contributed by atoms with Gasteiger partial charge in [-0.3, -0.25) is 4.90 Å². The molecule has 52 heavy (non-hydrogen) atoms. The second kappa shape index (κ2) is 13.7. The van der Waals surface area contributed by atoms with Crippen LogP contribution in [-0.2, 0) is 19.0 Å². The highest BCUT2D eigenvalue weighted by molar-refractivity contribution is 6.06. The SMILES string of the molecule is CC1CN(CC#Cc2cnc(O[C@H]3C[C@@H](C(=O)O)N(c4nc(C(F)F)nc5c4oc4ccccc45)C3)c(N3CCOC4(COC4)[C@@H]3C)c2)CC(C)O1. The minimum atomic E-state index is -2.98. The minimum absolute atomic E-state index is 0.0217. The minimum Gasteiger partial charge on any atom is -0.480 e. The first-order valence-corrected chi connectivity index (χ1v) is 17.6. The number of nitrogens with zero attached hydrogens (tertiary/aromatic N) is 6.